The minimum absolute atomic E-state index is 0.282. The van der Waals surface area contributed by atoms with E-state index in [9.17, 15) is 4.79 Å². The van der Waals surface area contributed by atoms with E-state index in [0.717, 1.165) is 12.2 Å². The van der Waals surface area contributed by atoms with Crippen LogP contribution >= 0.6 is 0 Å². The van der Waals surface area contributed by atoms with Gasteiger partial charge in [-0.05, 0) is 6.92 Å². The lowest BCUT2D eigenvalue weighted by Crippen LogP contribution is -2.15. The monoisotopic (exact) mass is 274 g/mol. The number of rotatable bonds is 4. The van der Waals surface area contributed by atoms with Crippen molar-refractivity contribution in [2.24, 2.45) is 7.05 Å². The summed E-state index contributed by atoms with van der Waals surface area (Å²) in [5, 5.41) is 17.4. The molecule has 0 aliphatic carbocycles. The van der Waals surface area contributed by atoms with Crippen LogP contribution in [-0.2, 0) is 13.5 Å². The Morgan fingerprint density at radius 1 is 1.45 bits per heavy atom. The minimum atomic E-state index is -0.282. The lowest BCUT2D eigenvalue weighted by molar-refractivity contribution is 0.786. The van der Waals surface area contributed by atoms with Gasteiger partial charge in [-0.3, -0.25) is 0 Å². The number of hydrogen-bond acceptors (Lipinski definition) is 6. The second-order valence-corrected chi connectivity index (χ2v) is 4.45. The van der Waals surface area contributed by atoms with Crippen LogP contribution in [0.3, 0.4) is 0 Å². The average Bonchev–Trinajstić information content (AvgIpc) is 2.97. The Hall–Kier alpha value is -2.71. The van der Waals surface area contributed by atoms with Gasteiger partial charge in [-0.1, -0.05) is 0 Å². The van der Waals surface area contributed by atoms with E-state index in [-0.39, 0.29) is 5.69 Å². The van der Waals surface area contributed by atoms with Gasteiger partial charge in [0.1, 0.15) is 23.8 Å². The van der Waals surface area contributed by atoms with E-state index < -0.39 is 0 Å². The Morgan fingerprint density at radius 3 is 3.05 bits per heavy atom. The second-order valence-electron chi connectivity index (χ2n) is 4.45. The normalized spacial score (nSPS) is 11.1. The van der Waals surface area contributed by atoms with Crippen molar-refractivity contribution >= 4 is 11.5 Å². The van der Waals surface area contributed by atoms with Crippen molar-refractivity contribution in [3.63, 3.8) is 0 Å². The van der Waals surface area contributed by atoms with E-state index in [4.69, 9.17) is 0 Å². The number of aryl methyl sites for hydroxylation is 2. The molecule has 9 heteroatoms. The molecule has 0 radical (unpaired) electrons. The van der Waals surface area contributed by atoms with Crippen molar-refractivity contribution in [3.05, 3.63) is 34.5 Å². The van der Waals surface area contributed by atoms with Crippen LogP contribution in [0.4, 0.5) is 5.82 Å². The second kappa shape index (κ2) is 4.76. The van der Waals surface area contributed by atoms with Crippen LogP contribution in [0, 0.1) is 6.92 Å². The molecule has 0 fully saturated rings. The Bertz CT molecular complexity index is 798. The summed E-state index contributed by atoms with van der Waals surface area (Å²) in [5.74, 6) is 2.16. The lowest BCUT2D eigenvalue weighted by atomic mass is 10.4. The first kappa shape index (κ1) is 12.3. The van der Waals surface area contributed by atoms with Crippen LogP contribution < -0.4 is 11.0 Å². The van der Waals surface area contributed by atoms with Crippen molar-refractivity contribution in [1.29, 1.82) is 0 Å². The van der Waals surface area contributed by atoms with Crippen LogP contribution in [0.5, 0.6) is 0 Å². The van der Waals surface area contributed by atoms with Crippen LogP contribution in [0.25, 0.3) is 5.65 Å². The smallest absolute Gasteiger partial charge is 0.349 e. The molecule has 3 heterocycles. The zero-order chi connectivity index (χ0) is 14.1. The number of H-pyrrole nitrogens is 1. The van der Waals surface area contributed by atoms with E-state index >= 15 is 0 Å². The molecule has 0 atom stereocenters. The Labute approximate surface area is 113 Å². The molecule has 0 saturated carbocycles. The molecule has 9 nitrogen and oxygen atoms in total. The Kier molecular flexibility index (Phi) is 2.93. The standard InChI is InChI=1S/C11H14N8O/c1-7-14-8(5-10-16-17-11(20)19(7)10)12-4-3-9-15-13-6-18(9)2/h5-6,12H,3-4H2,1-2H3,(H,17,20). The quantitative estimate of drug-likeness (QED) is 0.665. The molecule has 0 aliphatic heterocycles. The van der Waals surface area contributed by atoms with Gasteiger partial charge in [0.15, 0.2) is 5.65 Å². The highest BCUT2D eigenvalue weighted by molar-refractivity contribution is 5.49. The molecular formula is C11H14N8O. The zero-order valence-corrected chi connectivity index (χ0v) is 11.2. The first-order chi connectivity index (χ1) is 9.65. The molecule has 0 spiro atoms. The van der Waals surface area contributed by atoms with Gasteiger partial charge < -0.3 is 9.88 Å². The van der Waals surface area contributed by atoms with Gasteiger partial charge in [-0.25, -0.2) is 19.3 Å². The summed E-state index contributed by atoms with van der Waals surface area (Å²) in [4.78, 5) is 15.8. The third-order valence-corrected chi connectivity index (χ3v) is 3.03. The summed E-state index contributed by atoms with van der Waals surface area (Å²) in [7, 11) is 1.90. The molecule has 104 valence electrons. The predicted octanol–water partition coefficient (Wildman–Crippen LogP) is -0.491. The first-order valence-corrected chi connectivity index (χ1v) is 6.16. The number of fused-ring (bicyclic) bond motifs is 1. The van der Waals surface area contributed by atoms with Crippen LogP contribution in [0.1, 0.15) is 11.6 Å². The molecule has 0 aromatic carbocycles. The van der Waals surface area contributed by atoms with E-state index in [1.807, 2.05) is 11.6 Å². The summed E-state index contributed by atoms with van der Waals surface area (Å²) < 4.78 is 3.30. The van der Waals surface area contributed by atoms with E-state index in [0.29, 0.717) is 23.8 Å². The fraction of sp³-hybridized carbons (Fsp3) is 0.364. The van der Waals surface area contributed by atoms with Crippen LogP contribution in [0.15, 0.2) is 17.2 Å². The van der Waals surface area contributed by atoms with Gasteiger partial charge in [-0.2, -0.15) is 5.10 Å². The van der Waals surface area contributed by atoms with Gasteiger partial charge in [-0.15, -0.1) is 10.2 Å². The molecule has 2 N–H and O–H groups in total. The maximum atomic E-state index is 11.5. The maximum absolute atomic E-state index is 11.5. The fourth-order valence-electron chi connectivity index (χ4n) is 2.02. The zero-order valence-electron chi connectivity index (χ0n) is 11.2. The largest absolute Gasteiger partial charge is 0.369 e. The first-order valence-electron chi connectivity index (χ1n) is 6.16. The Morgan fingerprint density at radius 2 is 2.30 bits per heavy atom. The van der Waals surface area contributed by atoms with E-state index in [1.54, 1.807) is 19.3 Å². The van der Waals surface area contributed by atoms with Crippen molar-refractivity contribution < 1.29 is 0 Å². The number of anilines is 1. The molecule has 0 saturated heterocycles. The molecule has 3 aromatic heterocycles. The number of nitrogens with zero attached hydrogens (tertiary/aromatic N) is 6. The Balaban J connectivity index is 1.75. The predicted molar refractivity (Wildman–Crippen MR) is 71.5 cm³/mol. The van der Waals surface area contributed by atoms with Gasteiger partial charge in [0.05, 0.1) is 0 Å². The van der Waals surface area contributed by atoms with Gasteiger partial charge in [0, 0.05) is 26.1 Å². The number of nitrogens with one attached hydrogen (secondary N) is 2. The van der Waals surface area contributed by atoms with Gasteiger partial charge >= 0.3 is 5.69 Å². The highest BCUT2D eigenvalue weighted by Crippen LogP contribution is 2.07. The highest BCUT2D eigenvalue weighted by Gasteiger charge is 2.07. The topological polar surface area (TPSA) is 106 Å². The molecule has 3 aromatic rings. The van der Waals surface area contributed by atoms with Crippen molar-refractivity contribution in [2.45, 2.75) is 13.3 Å². The number of aromatic nitrogens is 7. The molecule has 0 amide bonds. The third-order valence-electron chi connectivity index (χ3n) is 3.03. The lowest BCUT2D eigenvalue weighted by Gasteiger charge is -2.06. The molecule has 20 heavy (non-hydrogen) atoms. The number of aromatic amines is 1. The van der Waals surface area contributed by atoms with E-state index in [1.165, 1.54) is 4.40 Å². The average molecular weight is 274 g/mol. The highest BCUT2D eigenvalue weighted by atomic mass is 16.1. The summed E-state index contributed by atoms with van der Waals surface area (Å²) >= 11 is 0. The molecular weight excluding hydrogens is 260 g/mol. The summed E-state index contributed by atoms with van der Waals surface area (Å²) in [6, 6.07) is 1.72. The SMILES string of the molecule is Cc1nc(NCCc2nncn2C)cc2n[nH]c(=O)n12. The summed E-state index contributed by atoms with van der Waals surface area (Å²) in [6.45, 7) is 2.43. The van der Waals surface area contributed by atoms with Gasteiger partial charge in [0.2, 0.25) is 0 Å². The summed E-state index contributed by atoms with van der Waals surface area (Å²) in [5.41, 5.74) is 0.263. The number of hydrogen-bond donors (Lipinski definition) is 2. The van der Waals surface area contributed by atoms with Crippen molar-refractivity contribution in [3.8, 4) is 0 Å². The minimum Gasteiger partial charge on any atom is -0.369 e. The van der Waals surface area contributed by atoms with Crippen LogP contribution in [-0.4, -0.2) is 40.9 Å². The van der Waals surface area contributed by atoms with Crippen LogP contribution in [0.2, 0.25) is 0 Å². The van der Waals surface area contributed by atoms with E-state index in [2.05, 4.69) is 30.7 Å². The molecule has 3 rings (SSSR count). The van der Waals surface area contributed by atoms with Crippen molar-refractivity contribution in [1.82, 2.24) is 34.3 Å². The molecule has 0 unspecified atom stereocenters. The van der Waals surface area contributed by atoms with Gasteiger partial charge in [0.25, 0.3) is 0 Å². The molecule has 0 bridgehead atoms. The maximum Gasteiger partial charge on any atom is 0.349 e. The third kappa shape index (κ3) is 2.13. The fourth-order valence-corrected chi connectivity index (χ4v) is 2.02. The van der Waals surface area contributed by atoms with Crippen molar-refractivity contribution in [2.75, 3.05) is 11.9 Å². The molecule has 0 aliphatic rings. The summed E-state index contributed by atoms with van der Waals surface area (Å²) in [6.07, 6.45) is 2.40.